The Morgan fingerprint density at radius 1 is 1.28 bits per heavy atom. The number of amides is 2. The highest BCUT2D eigenvalue weighted by molar-refractivity contribution is 8.18. The summed E-state index contributed by atoms with van der Waals surface area (Å²) in [5.74, 6) is -1.80. The third-order valence-corrected chi connectivity index (χ3v) is 5.90. The summed E-state index contributed by atoms with van der Waals surface area (Å²) in [4.78, 5) is 43.8. The lowest BCUT2D eigenvalue weighted by Crippen LogP contribution is -2.19. The number of aliphatic imine (C=N–C) groups is 1. The third-order valence-electron chi connectivity index (χ3n) is 3.39. The Morgan fingerprint density at radius 2 is 2.07 bits per heavy atom. The highest BCUT2D eigenvalue weighted by Gasteiger charge is 2.24. The number of aromatic nitrogens is 1. The van der Waals surface area contributed by atoms with Gasteiger partial charge in [0.2, 0.25) is 5.91 Å². The summed E-state index contributed by atoms with van der Waals surface area (Å²) in [6.45, 7) is 0. The zero-order chi connectivity index (χ0) is 21.0. The van der Waals surface area contributed by atoms with Crippen LogP contribution in [0.1, 0.15) is 17.7 Å². The fourth-order valence-electron chi connectivity index (χ4n) is 2.09. The van der Waals surface area contributed by atoms with E-state index in [1.165, 1.54) is 6.20 Å². The average Bonchev–Trinajstić information content (AvgIpc) is 3.23. The molecule has 0 unspecified atom stereocenters. The molecule has 2 amide bonds. The lowest BCUT2D eigenvalue weighted by molar-refractivity contribution is -0.138. The van der Waals surface area contributed by atoms with E-state index in [0.29, 0.717) is 35.8 Å². The van der Waals surface area contributed by atoms with Crippen molar-refractivity contribution in [1.82, 2.24) is 10.3 Å². The number of hydrogen-bond donors (Lipinski definition) is 3. The van der Waals surface area contributed by atoms with Gasteiger partial charge in [-0.05, 0) is 36.0 Å². The second-order valence-electron chi connectivity index (χ2n) is 5.59. The fraction of sp³-hybridized carbons (Fsp3) is 0.118. The molecule has 1 aromatic heterocycles. The molecule has 0 saturated carbocycles. The molecule has 1 fully saturated rings. The first-order valence-electron chi connectivity index (χ1n) is 8.02. The van der Waals surface area contributed by atoms with Crippen molar-refractivity contribution in [3.8, 4) is 0 Å². The number of amidine groups is 1. The molecule has 1 aliphatic rings. The van der Waals surface area contributed by atoms with Gasteiger partial charge in [-0.3, -0.25) is 14.4 Å². The third kappa shape index (κ3) is 6.04. The van der Waals surface area contributed by atoms with Crippen molar-refractivity contribution in [1.29, 1.82) is 0 Å². The number of hydrogen-bond acceptors (Lipinski definition) is 7. The second kappa shape index (κ2) is 9.40. The van der Waals surface area contributed by atoms with Gasteiger partial charge in [0.15, 0.2) is 10.3 Å². The number of nitrogens with one attached hydrogen (secondary N) is 2. The van der Waals surface area contributed by atoms with Gasteiger partial charge in [-0.25, -0.2) is 9.98 Å². The number of carbonyl (C=O) groups is 3. The first-order valence-corrected chi connectivity index (χ1v) is 10.4. The number of anilines is 1. The molecule has 3 N–H and O–H groups in total. The molecule has 29 heavy (non-hydrogen) atoms. The number of benzene rings is 1. The summed E-state index contributed by atoms with van der Waals surface area (Å²) in [5.41, 5.74) is 0.549. The van der Waals surface area contributed by atoms with Crippen molar-refractivity contribution >= 4 is 86.1 Å². The number of thioether (sulfide) groups is 1. The molecule has 150 valence electrons. The molecule has 0 spiro atoms. The molecule has 0 bridgehead atoms. The predicted octanol–water partition coefficient (Wildman–Crippen LogP) is 4.14. The van der Waals surface area contributed by atoms with Crippen molar-refractivity contribution in [3.63, 3.8) is 0 Å². The van der Waals surface area contributed by atoms with Crippen molar-refractivity contribution in [2.45, 2.75) is 12.8 Å². The maximum Gasteiger partial charge on any atom is 0.303 e. The van der Waals surface area contributed by atoms with Crippen molar-refractivity contribution in [2.75, 3.05) is 5.32 Å². The number of carboxylic acids is 1. The van der Waals surface area contributed by atoms with E-state index in [2.05, 4.69) is 20.6 Å². The molecule has 1 aliphatic heterocycles. The van der Waals surface area contributed by atoms with Crippen LogP contribution in [0.4, 0.5) is 10.8 Å². The standard InChI is InChI=1S/C17H12Cl2N4O4S2/c18-10-2-1-8(5-11(10)19)21-17-23-15(27)12(29-17)6-9-7-20-16(28-9)22-13(24)3-4-14(25)26/h1-2,5-7H,3-4H2,(H,25,26)(H,20,22,24)(H,21,23,27)/b12-6-. The Balaban J connectivity index is 1.66. The minimum absolute atomic E-state index is 0.141. The molecule has 3 rings (SSSR count). The Morgan fingerprint density at radius 3 is 2.79 bits per heavy atom. The Bertz CT molecular complexity index is 1050. The number of thiazole rings is 1. The lowest BCUT2D eigenvalue weighted by Gasteiger charge is -1.98. The highest BCUT2D eigenvalue weighted by atomic mass is 35.5. The molecule has 12 heteroatoms. The largest absolute Gasteiger partial charge is 0.481 e. The van der Waals surface area contributed by atoms with Gasteiger partial charge in [0.1, 0.15) is 0 Å². The predicted molar refractivity (Wildman–Crippen MR) is 115 cm³/mol. The van der Waals surface area contributed by atoms with E-state index in [9.17, 15) is 14.4 Å². The molecule has 1 aromatic carbocycles. The number of carboxylic acid groups (broad SMARTS) is 1. The van der Waals surface area contributed by atoms with Crippen LogP contribution in [0.5, 0.6) is 0 Å². The van der Waals surface area contributed by atoms with Crippen molar-refractivity contribution < 1.29 is 19.5 Å². The number of nitrogens with zero attached hydrogens (tertiary/aromatic N) is 2. The van der Waals surface area contributed by atoms with Crippen LogP contribution in [0.3, 0.4) is 0 Å². The van der Waals surface area contributed by atoms with Gasteiger partial charge < -0.3 is 15.7 Å². The van der Waals surface area contributed by atoms with Crippen LogP contribution < -0.4 is 10.6 Å². The normalized spacial score (nSPS) is 16.3. The summed E-state index contributed by atoms with van der Waals surface area (Å²) >= 11 is 14.2. The van der Waals surface area contributed by atoms with E-state index in [4.69, 9.17) is 28.3 Å². The number of carbonyl (C=O) groups excluding carboxylic acids is 2. The van der Waals surface area contributed by atoms with Crippen LogP contribution >= 0.6 is 46.3 Å². The summed E-state index contributed by atoms with van der Waals surface area (Å²) in [6, 6.07) is 4.89. The number of rotatable bonds is 6. The summed E-state index contributed by atoms with van der Waals surface area (Å²) in [6.07, 6.45) is 2.73. The highest BCUT2D eigenvalue weighted by Crippen LogP contribution is 2.32. The van der Waals surface area contributed by atoms with Crippen molar-refractivity contribution in [3.05, 3.63) is 44.2 Å². The van der Waals surface area contributed by atoms with Crippen LogP contribution in [0, 0.1) is 0 Å². The van der Waals surface area contributed by atoms with Gasteiger partial charge in [0.25, 0.3) is 5.91 Å². The minimum atomic E-state index is -1.05. The van der Waals surface area contributed by atoms with E-state index in [1.54, 1.807) is 24.3 Å². The van der Waals surface area contributed by atoms with Gasteiger partial charge in [-0.2, -0.15) is 0 Å². The van der Waals surface area contributed by atoms with Gasteiger partial charge in [-0.15, -0.1) is 0 Å². The first-order chi connectivity index (χ1) is 13.8. The van der Waals surface area contributed by atoms with Gasteiger partial charge in [-0.1, -0.05) is 34.5 Å². The minimum Gasteiger partial charge on any atom is -0.481 e. The SMILES string of the molecule is O=C(O)CCC(=O)Nc1ncc(/C=C2\SC(=Nc3ccc(Cl)c(Cl)c3)NC2=O)s1. The molecule has 0 radical (unpaired) electrons. The van der Waals surface area contributed by atoms with Crippen LogP contribution in [0.15, 0.2) is 34.3 Å². The van der Waals surface area contributed by atoms with Crippen molar-refractivity contribution in [2.24, 2.45) is 4.99 Å². The van der Waals surface area contributed by atoms with Crippen LogP contribution in [0.2, 0.25) is 10.0 Å². The van der Waals surface area contributed by atoms with Gasteiger partial charge in [0.05, 0.1) is 31.9 Å². The smallest absolute Gasteiger partial charge is 0.303 e. The molecular weight excluding hydrogens is 459 g/mol. The Kier molecular flexibility index (Phi) is 6.91. The monoisotopic (exact) mass is 470 g/mol. The quantitative estimate of drug-likeness (QED) is 0.545. The van der Waals surface area contributed by atoms with Gasteiger partial charge >= 0.3 is 5.97 Å². The first kappa shape index (κ1) is 21.3. The number of halogens is 2. The zero-order valence-electron chi connectivity index (χ0n) is 14.4. The zero-order valence-corrected chi connectivity index (χ0v) is 17.6. The lowest BCUT2D eigenvalue weighted by atomic mass is 10.3. The number of aliphatic carboxylic acids is 1. The fourth-order valence-corrected chi connectivity index (χ4v) is 4.07. The molecule has 2 heterocycles. The summed E-state index contributed by atoms with van der Waals surface area (Å²) < 4.78 is 0. The summed E-state index contributed by atoms with van der Waals surface area (Å²) in [5, 5.41) is 15.3. The van der Waals surface area contributed by atoms with Crippen LogP contribution in [-0.4, -0.2) is 33.0 Å². The van der Waals surface area contributed by atoms with E-state index < -0.39 is 11.9 Å². The molecule has 0 atom stereocenters. The topological polar surface area (TPSA) is 121 Å². The average molecular weight is 471 g/mol. The van der Waals surface area contributed by atoms with Crippen LogP contribution in [0.25, 0.3) is 6.08 Å². The summed E-state index contributed by atoms with van der Waals surface area (Å²) in [7, 11) is 0. The molecule has 8 nitrogen and oxygen atoms in total. The molecule has 2 aromatic rings. The van der Waals surface area contributed by atoms with E-state index in [1.807, 2.05) is 0 Å². The molecule has 0 aliphatic carbocycles. The van der Waals surface area contributed by atoms with Crippen LogP contribution in [-0.2, 0) is 14.4 Å². The van der Waals surface area contributed by atoms with E-state index in [-0.39, 0.29) is 18.7 Å². The van der Waals surface area contributed by atoms with Gasteiger partial charge in [0, 0.05) is 12.6 Å². The van der Waals surface area contributed by atoms with E-state index >= 15 is 0 Å². The maximum absolute atomic E-state index is 12.2. The Hall–Kier alpha value is -2.40. The van der Waals surface area contributed by atoms with E-state index in [0.717, 1.165) is 23.1 Å². The Labute approximate surface area is 183 Å². The molecule has 1 saturated heterocycles. The molecular formula is C17H12Cl2N4O4S2. The second-order valence-corrected chi connectivity index (χ2v) is 8.50. The maximum atomic E-state index is 12.2.